The number of unbranched alkanes of at least 4 members (excludes halogenated alkanes) is 2. The molecule has 2 atom stereocenters. The van der Waals surface area contributed by atoms with Gasteiger partial charge in [0.05, 0.1) is 31.2 Å². The van der Waals surface area contributed by atoms with Crippen molar-refractivity contribution in [3.05, 3.63) is 135 Å². The smallest absolute Gasteiger partial charge is 0.748 e. The molecule has 0 radical (unpaired) electrons. The van der Waals surface area contributed by atoms with Gasteiger partial charge in [-0.2, -0.15) is 8.42 Å². The van der Waals surface area contributed by atoms with Crippen molar-refractivity contribution in [2.75, 3.05) is 34.4 Å². The summed E-state index contributed by atoms with van der Waals surface area (Å²) in [6, 6.07) is 11.8. The summed E-state index contributed by atoms with van der Waals surface area (Å²) in [5, 5.41) is 9.63. The molecule has 2 unspecified atom stereocenters. The molecule has 376 valence electrons. The van der Waals surface area contributed by atoms with Crippen molar-refractivity contribution in [1.82, 2.24) is 0 Å². The van der Waals surface area contributed by atoms with E-state index in [1.165, 1.54) is 36.4 Å². The second-order valence-electron chi connectivity index (χ2n) is 18.9. The first-order valence-electron chi connectivity index (χ1n) is 23.0. The summed E-state index contributed by atoms with van der Waals surface area (Å²) < 4.78 is 152. The van der Waals surface area contributed by atoms with Crippen molar-refractivity contribution in [2.45, 2.75) is 112 Å². The molecule has 3 aromatic rings. The van der Waals surface area contributed by atoms with E-state index in [0.29, 0.717) is 108 Å². The van der Waals surface area contributed by atoms with Crippen LogP contribution in [0.1, 0.15) is 111 Å². The zero-order valence-electron chi connectivity index (χ0n) is 41.5. The predicted molar refractivity (Wildman–Crippen MR) is 257 cm³/mol. The molecule has 0 saturated heterocycles. The molecule has 0 bridgehead atoms. The average molecular weight is 1110 g/mol. The van der Waals surface area contributed by atoms with Gasteiger partial charge in [-0.3, -0.25) is 4.55 Å². The number of carbonyl (C=O) groups is 1. The number of aryl methyl sites for hydroxylation is 1. The van der Waals surface area contributed by atoms with Crippen molar-refractivity contribution < 1.29 is 155 Å². The van der Waals surface area contributed by atoms with Crippen molar-refractivity contribution in [1.29, 1.82) is 0 Å². The average Bonchev–Trinajstić information content (AvgIpc) is 3.80. The first kappa shape index (κ1) is 61.7. The molecule has 0 aromatic heterocycles. The number of rotatable bonds is 18. The number of allylic oxidation sites excluding steroid dienone is 8. The molecule has 24 heteroatoms. The number of carboxylic acid groups (broad SMARTS) is 1. The van der Waals surface area contributed by atoms with Gasteiger partial charge in [0.2, 0.25) is 0 Å². The Kier molecular flexibility index (Phi) is 20.2. The predicted octanol–water partition coefficient (Wildman–Crippen LogP) is -1.90. The van der Waals surface area contributed by atoms with E-state index in [1.807, 2.05) is 54.2 Å². The van der Waals surface area contributed by atoms with E-state index >= 15 is 0 Å². The quantitative estimate of drug-likeness (QED) is 0.0800. The SMILES string of the molecule is CC1(CCCCS(=O)(=O)O)C(/C=C/C2=C(Oc3ccc(C(=O)O)cc3)C(=C/C=C3\N4CCCc5ccc(S(=O)(=O)[O-])c(c54)C3(C)CCCCS(=O)(=O)[O-])/CCC2)=CN2CCc3ccc(S(=O)(=O)[O-])c1c32.[Na+].[Na+].[Na+]. The summed E-state index contributed by atoms with van der Waals surface area (Å²) in [5.41, 5.74) is 4.05. The van der Waals surface area contributed by atoms with E-state index in [9.17, 15) is 61.8 Å². The van der Waals surface area contributed by atoms with Gasteiger partial charge in [-0.1, -0.05) is 50.1 Å². The zero-order chi connectivity index (χ0) is 50.6. The molecule has 17 nitrogen and oxygen atoms in total. The maximum Gasteiger partial charge on any atom is 1.00 e. The molecule has 0 fully saturated rings. The van der Waals surface area contributed by atoms with Gasteiger partial charge in [-0.05, 0) is 141 Å². The van der Waals surface area contributed by atoms with Gasteiger partial charge in [0.15, 0.2) is 0 Å². The number of hydrogen-bond donors (Lipinski definition) is 2. The Morgan fingerprint density at radius 2 is 1.27 bits per heavy atom. The summed E-state index contributed by atoms with van der Waals surface area (Å²) in [6.07, 6.45) is 13.8. The molecule has 8 rings (SSSR count). The Morgan fingerprint density at radius 1 is 0.685 bits per heavy atom. The maximum atomic E-state index is 12.9. The fourth-order valence-electron chi connectivity index (χ4n) is 10.9. The Labute approximate surface area is 494 Å². The fourth-order valence-corrected chi connectivity index (χ4v) is 13.7. The van der Waals surface area contributed by atoms with Crippen LogP contribution in [0.3, 0.4) is 0 Å². The number of nitrogens with zero attached hydrogens (tertiary/aromatic N) is 2. The topological polar surface area (TPSA) is 279 Å². The van der Waals surface area contributed by atoms with Gasteiger partial charge in [-0.15, -0.1) is 0 Å². The van der Waals surface area contributed by atoms with Crippen LogP contribution in [0.15, 0.2) is 117 Å². The molecule has 1 aliphatic carbocycles. The van der Waals surface area contributed by atoms with Crippen LogP contribution in [-0.4, -0.2) is 87.6 Å². The third-order valence-electron chi connectivity index (χ3n) is 14.2. The molecule has 4 heterocycles. The fraction of sp³-hybridized carbons (Fsp3) is 0.408. The largest absolute Gasteiger partial charge is 1.00 e. The number of aromatic carboxylic acids is 1. The number of benzene rings is 3. The molecule has 3 aromatic carbocycles. The van der Waals surface area contributed by atoms with E-state index in [-0.39, 0.29) is 143 Å². The van der Waals surface area contributed by atoms with Crippen LogP contribution in [0, 0.1) is 0 Å². The third-order valence-corrected chi connectivity index (χ3v) is 17.6. The number of ether oxygens (including phenoxy) is 1. The van der Waals surface area contributed by atoms with Crippen LogP contribution < -0.4 is 103 Å². The first-order chi connectivity index (χ1) is 32.8. The molecular weight excluding hydrogens is 1050 g/mol. The van der Waals surface area contributed by atoms with Gasteiger partial charge in [-0.25, -0.2) is 30.0 Å². The van der Waals surface area contributed by atoms with Crippen LogP contribution >= 0.6 is 0 Å². The van der Waals surface area contributed by atoms with Gasteiger partial charge < -0.3 is 33.3 Å². The molecule has 4 aliphatic heterocycles. The summed E-state index contributed by atoms with van der Waals surface area (Å²) in [6.45, 7) is 4.63. The van der Waals surface area contributed by atoms with E-state index in [4.69, 9.17) is 4.74 Å². The van der Waals surface area contributed by atoms with E-state index in [0.717, 1.165) is 11.1 Å². The van der Waals surface area contributed by atoms with Gasteiger partial charge >= 0.3 is 94.6 Å². The number of anilines is 2. The summed E-state index contributed by atoms with van der Waals surface area (Å²) in [7, 11) is -18.8. The summed E-state index contributed by atoms with van der Waals surface area (Å²) >= 11 is 0. The second-order valence-corrected chi connectivity index (χ2v) is 24.7. The molecule has 0 spiro atoms. The minimum Gasteiger partial charge on any atom is -0.748 e. The van der Waals surface area contributed by atoms with Crippen LogP contribution in [0.5, 0.6) is 5.75 Å². The molecule has 0 amide bonds. The Balaban J connectivity index is 0.00000329. The normalized spacial score (nSPS) is 21.6. The molecule has 5 aliphatic rings. The molecule has 2 N–H and O–H groups in total. The summed E-state index contributed by atoms with van der Waals surface area (Å²) in [5.74, 6) is -1.53. The summed E-state index contributed by atoms with van der Waals surface area (Å²) in [4.78, 5) is 15.0. The van der Waals surface area contributed by atoms with Gasteiger partial charge in [0, 0.05) is 64.1 Å². The minimum atomic E-state index is -4.99. The molecule has 73 heavy (non-hydrogen) atoms. The van der Waals surface area contributed by atoms with Crippen molar-refractivity contribution in [3.8, 4) is 5.75 Å². The van der Waals surface area contributed by atoms with Crippen molar-refractivity contribution in [3.63, 3.8) is 0 Å². The van der Waals surface area contributed by atoms with E-state index in [2.05, 4.69) is 0 Å². The van der Waals surface area contributed by atoms with E-state index < -0.39 is 68.8 Å². The van der Waals surface area contributed by atoms with Crippen LogP contribution in [0.4, 0.5) is 11.4 Å². The van der Waals surface area contributed by atoms with Gasteiger partial charge in [0.25, 0.3) is 10.1 Å². The van der Waals surface area contributed by atoms with Crippen molar-refractivity contribution in [2.24, 2.45) is 0 Å². The second kappa shape index (κ2) is 23.9. The van der Waals surface area contributed by atoms with E-state index in [1.54, 1.807) is 12.1 Å². The van der Waals surface area contributed by atoms with Crippen LogP contribution in [-0.2, 0) is 64.1 Å². The zero-order valence-corrected chi connectivity index (χ0v) is 50.8. The van der Waals surface area contributed by atoms with Gasteiger partial charge in [0.1, 0.15) is 31.7 Å². The maximum absolute atomic E-state index is 12.9. The number of carboxylic acids is 1. The minimum absolute atomic E-state index is 0. The molecule has 0 saturated carbocycles. The van der Waals surface area contributed by atoms with Crippen molar-refractivity contribution >= 4 is 57.8 Å². The monoisotopic (exact) mass is 1110 g/mol. The number of hydrogen-bond acceptors (Lipinski definition) is 15. The Bertz CT molecular complexity index is 3280. The first-order valence-corrected chi connectivity index (χ1v) is 29.0. The Hall–Kier alpha value is -2.13. The van der Waals surface area contributed by atoms with Crippen LogP contribution in [0.25, 0.3) is 0 Å². The third kappa shape index (κ3) is 13.4. The molecular formula is C49H53N2Na3O15S4. The standard InChI is InChI=1S/C49H56N2O15S4.3Na/c1-48(25-3-5-29-67(54,55)56)37(31-50-28-24-33-16-22-39(69(60,61)62)42(48)44(33)50)18-12-34-9-7-10-35(46(34)66-38-19-13-36(14-20-38)47(52)53)17-23-41-49(2,26-4-6-30-68(57,58)59)43-40(70(63,64)65)21-15-32-11-8-27-51(41)45(32)43;;;/h12-23,31H,3-11,24-30H2,1-2H3,(H,52,53)(H,54,55,56)(H,57,58,59)(H,60,61,62)(H,63,64,65);;;/q;3*+1/p-3/b18-12+,35-17+,41-23-;;;. The van der Waals surface area contributed by atoms with Crippen LogP contribution in [0.2, 0.25) is 0 Å². The Morgan fingerprint density at radius 3 is 1.86 bits per heavy atom.